The van der Waals surface area contributed by atoms with Gasteiger partial charge in [0.25, 0.3) is 0 Å². The van der Waals surface area contributed by atoms with Crippen LogP contribution in [0, 0.1) is 0 Å². The molecule has 1 aromatic rings. The first-order valence-electron chi connectivity index (χ1n) is 7.84. The Morgan fingerprint density at radius 1 is 1.26 bits per heavy atom. The molecule has 1 N–H and O–H groups in total. The van der Waals surface area contributed by atoms with E-state index in [9.17, 15) is 0 Å². The quantitative estimate of drug-likeness (QED) is 0.818. The first kappa shape index (κ1) is 13.0. The van der Waals surface area contributed by atoms with Crippen molar-refractivity contribution in [2.45, 2.75) is 63.5 Å². The topological polar surface area (TPSA) is 21.3 Å². The highest BCUT2D eigenvalue weighted by Gasteiger charge is 2.42. The Morgan fingerprint density at radius 2 is 2.05 bits per heavy atom. The Morgan fingerprint density at radius 3 is 2.84 bits per heavy atom. The molecule has 1 atom stereocenters. The maximum Gasteiger partial charge on any atom is 0.124 e. The second-order valence-corrected chi connectivity index (χ2v) is 6.09. The molecular formula is C17H25NO. The maximum atomic E-state index is 6.38. The van der Waals surface area contributed by atoms with E-state index in [1.807, 2.05) is 0 Å². The summed E-state index contributed by atoms with van der Waals surface area (Å²) in [7, 11) is 0. The van der Waals surface area contributed by atoms with Crippen LogP contribution in [0.15, 0.2) is 24.3 Å². The van der Waals surface area contributed by atoms with Crippen LogP contribution in [-0.4, -0.2) is 12.1 Å². The molecule has 1 spiro atoms. The predicted molar refractivity (Wildman–Crippen MR) is 78.5 cm³/mol. The van der Waals surface area contributed by atoms with E-state index >= 15 is 0 Å². The summed E-state index contributed by atoms with van der Waals surface area (Å²) < 4.78 is 6.38. The summed E-state index contributed by atoms with van der Waals surface area (Å²) in [6.07, 6.45) is 8.76. The summed E-state index contributed by atoms with van der Waals surface area (Å²) in [6, 6.07) is 9.07. The molecule has 104 valence electrons. The zero-order chi connectivity index (χ0) is 13.1. The Kier molecular flexibility index (Phi) is 3.79. The molecular weight excluding hydrogens is 234 g/mol. The van der Waals surface area contributed by atoms with Crippen LogP contribution in [0.4, 0.5) is 0 Å². The van der Waals surface area contributed by atoms with Gasteiger partial charge in [-0.2, -0.15) is 0 Å². The molecule has 1 aromatic carbocycles. The summed E-state index contributed by atoms with van der Waals surface area (Å²) in [6.45, 7) is 3.36. The van der Waals surface area contributed by atoms with Crippen molar-refractivity contribution in [1.29, 1.82) is 0 Å². The lowest BCUT2D eigenvalue weighted by Gasteiger charge is -2.40. The third-order valence-electron chi connectivity index (χ3n) is 4.63. The Balaban J connectivity index is 1.81. The molecule has 1 saturated carbocycles. The van der Waals surface area contributed by atoms with Crippen LogP contribution in [0.5, 0.6) is 5.75 Å². The molecule has 1 fully saturated rings. The van der Waals surface area contributed by atoms with E-state index in [0.717, 1.165) is 18.7 Å². The highest BCUT2D eigenvalue weighted by atomic mass is 16.5. The molecule has 0 saturated heterocycles. The highest BCUT2D eigenvalue weighted by molar-refractivity contribution is 5.39. The van der Waals surface area contributed by atoms with Gasteiger partial charge in [0.1, 0.15) is 11.4 Å². The lowest BCUT2D eigenvalue weighted by molar-refractivity contribution is 0.0368. The Hall–Kier alpha value is -1.02. The van der Waals surface area contributed by atoms with Crippen molar-refractivity contribution >= 4 is 0 Å². The van der Waals surface area contributed by atoms with Crippen molar-refractivity contribution in [2.75, 3.05) is 6.54 Å². The number of para-hydroxylation sites is 1. The van der Waals surface area contributed by atoms with Gasteiger partial charge in [-0.3, -0.25) is 0 Å². The lowest BCUT2D eigenvalue weighted by atomic mass is 9.86. The van der Waals surface area contributed by atoms with Gasteiger partial charge in [0, 0.05) is 18.0 Å². The van der Waals surface area contributed by atoms with E-state index < -0.39 is 0 Å². The van der Waals surface area contributed by atoms with Gasteiger partial charge < -0.3 is 10.1 Å². The largest absolute Gasteiger partial charge is 0.487 e. The second kappa shape index (κ2) is 5.54. The van der Waals surface area contributed by atoms with Crippen LogP contribution in [0.3, 0.4) is 0 Å². The molecule has 1 unspecified atom stereocenters. The summed E-state index contributed by atoms with van der Waals surface area (Å²) in [4.78, 5) is 0. The minimum absolute atomic E-state index is 0.123. The minimum atomic E-state index is 0.123. The standard InChI is InChI=1S/C17H25NO/c1-2-3-12-18-15-13-17(10-6-7-11-17)19-16-9-5-4-8-14(15)16/h4-5,8-9,15,18H,2-3,6-7,10-13H2,1H3. The highest BCUT2D eigenvalue weighted by Crippen LogP contribution is 2.46. The van der Waals surface area contributed by atoms with Crippen molar-refractivity contribution in [3.05, 3.63) is 29.8 Å². The molecule has 0 amide bonds. The van der Waals surface area contributed by atoms with Gasteiger partial charge in [0.15, 0.2) is 0 Å². The van der Waals surface area contributed by atoms with Crippen molar-refractivity contribution in [1.82, 2.24) is 5.32 Å². The van der Waals surface area contributed by atoms with Crippen LogP contribution >= 0.6 is 0 Å². The molecule has 1 aliphatic heterocycles. The van der Waals surface area contributed by atoms with E-state index in [-0.39, 0.29) is 5.60 Å². The number of hydrogen-bond acceptors (Lipinski definition) is 2. The number of ether oxygens (including phenoxy) is 1. The first-order valence-corrected chi connectivity index (χ1v) is 7.84. The number of nitrogens with one attached hydrogen (secondary N) is 1. The Bertz CT molecular complexity index is 423. The number of rotatable bonds is 4. The Labute approximate surface area is 116 Å². The zero-order valence-electron chi connectivity index (χ0n) is 12.0. The average molecular weight is 259 g/mol. The van der Waals surface area contributed by atoms with Gasteiger partial charge in [-0.1, -0.05) is 31.5 Å². The maximum absolute atomic E-state index is 6.38. The van der Waals surface area contributed by atoms with Crippen molar-refractivity contribution in [3.8, 4) is 5.75 Å². The van der Waals surface area contributed by atoms with Gasteiger partial charge in [-0.25, -0.2) is 0 Å². The fourth-order valence-electron chi connectivity index (χ4n) is 3.58. The van der Waals surface area contributed by atoms with Gasteiger partial charge in [0.05, 0.1) is 0 Å². The monoisotopic (exact) mass is 259 g/mol. The van der Waals surface area contributed by atoms with Crippen LogP contribution in [0.2, 0.25) is 0 Å². The van der Waals surface area contributed by atoms with Crippen molar-refractivity contribution in [2.24, 2.45) is 0 Å². The smallest absolute Gasteiger partial charge is 0.124 e. The number of unbranched alkanes of at least 4 members (excludes halogenated alkanes) is 1. The summed E-state index contributed by atoms with van der Waals surface area (Å²) in [5.74, 6) is 1.12. The van der Waals surface area contributed by atoms with Crippen LogP contribution in [0.25, 0.3) is 0 Å². The number of hydrogen-bond donors (Lipinski definition) is 1. The second-order valence-electron chi connectivity index (χ2n) is 6.09. The molecule has 2 aliphatic rings. The van der Waals surface area contributed by atoms with Gasteiger partial charge in [0.2, 0.25) is 0 Å². The van der Waals surface area contributed by atoms with Crippen LogP contribution in [0.1, 0.15) is 63.5 Å². The fraction of sp³-hybridized carbons (Fsp3) is 0.647. The number of fused-ring (bicyclic) bond motifs is 1. The molecule has 0 aromatic heterocycles. The zero-order valence-corrected chi connectivity index (χ0v) is 12.0. The predicted octanol–water partition coefficient (Wildman–Crippen LogP) is 4.21. The minimum Gasteiger partial charge on any atom is -0.487 e. The number of benzene rings is 1. The van der Waals surface area contributed by atoms with Crippen molar-refractivity contribution < 1.29 is 4.74 Å². The van der Waals surface area contributed by atoms with Crippen LogP contribution in [-0.2, 0) is 0 Å². The van der Waals surface area contributed by atoms with E-state index in [1.165, 1.54) is 44.1 Å². The van der Waals surface area contributed by atoms with E-state index in [4.69, 9.17) is 4.74 Å². The summed E-state index contributed by atoms with van der Waals surface area (Å²) >= 11 is 0. The molecule has 0 radical (unpaired) electrons. The molecule has 2 nitrogen and oxygen atoms in total. The summed E-state index contributed by atoms with van der Waals surface area (Å²) in [5.41, 5.74) is 1.48. The summed E-state index contributed by atoms with van der Waals surface area (Å²) in [5, 5.41) is 3.75. The van der Waals surface area contributed by atoms with Crippen LogP contribution < -0.4 is 10.1 Å². The van der Waals surface area contributed by atoms with Crippen molar-refractivity contribution in [3.63, 3.8) is 0 Å². The fourth-order valence-corrected chi connectivity index (χ4v) is 3.58. The lowest BCUT2D eigenvalue weighted by Crippen LogP contribution is -2.42. The average Bonchev–Trinajstić information content (AvgIpc) is 2.87. The van der Waals surface area contributed by atoms with E-state index in [2.05, 4.69) is 36.5 Å². The first-order chi connectivity index (χ1) is 9.33. The van der Waals surface area contributed by atoms with Gasteiger partial charge >= 0.3 is 0 Å². The molecule has 2 heteroatoms. The van der Waals surface area contributed by atoms with E-state index in [1.54, 1.807) is 0 Å². The van der Waals surface area contributed by atoms with Gasteiger partial charge in [-0.15, -0.1) is 0 Å². The molecule has 1 heterocycles. The molecule has 1 aliphatic carbocycles. The SMILES string of the molecule is CCCCNC1CC2(CCCC2)Oc2ccccc21. The molecule has 19 heavy (non-hydrogen) atoms. The molecule has 0 bridgehead atoms. The normalized spacial score (nSPS) is 24.2. The third-order valence-corrected chi connectivity index (χ3v) is 4.63. The van der Waals surface area contributed by atoms with E-state index in [0.29, 0.717) is 6.04 Å². The third kappa shape index (κ3) is 2.64. The van der Waals surface area contributed by atoms with Gasteiger partial charge in [-0.05, 0) is 44.7 Å². The molecule has 3 rings (SSSR count).